The molecule has 0 aromatic rings. The number of carbonyl (C=O) groups excluding carboxylic acids is 7. The average Bonchev–Trinajstić information content (AvgIpc) is 3.08. The fourth-order valence-electron chi connectivity index (χ4n) is 4.43. The molecule has 0 aromatic heterocycles. The summed E-state index contributed by atoms with van der Waals surface area (Å²) in [6.45, 7) is 5.22. The smallest absolute Gasteiger partial charge is 0.317 e. The Hall–Kier alpha value is -4.03. The molecule has 4 amide bonds. The van der Waals surface area contributed by atoms with Gasteiger partial charge in [-0.3, -0.25) is 48.3 Å². The van der Waals surface area contributed by atoms with Gasteiger partial charge in [0.05, 0.1) is 39.7 Å². The topological polar surface area (TPSA) is 224 Å². The Morgan fingerprint density at radius 2 is 1.39 bits per heavy atom. The van der Waals surface area contributed by atoms with Crippen LogP contribution in [0, 0.1) is 5.92 Å². The van der Waals surface area contributed by atoms with Crippen LogP contribution in [0.25, 0.3) is 0 Å². The first-order chi connectivity index (χ1) is 21.7. The third kappa shape index (κ3) is 15.3. The van der Waals surface area contributed by atoms with E-state index in [0.717, 1.165) is 13.4 Å². The van der Waals surface area contributed by atoms with E-state index in [-0.39, 0.29) is 19.6 Å². The number of esters is 1. The minimum absolute atomic E-state index is 0.0915. The number of carboxylic acid groups (broad SMARTS) is 1. The summed E-state index contributed by atoms with van der Waals surface area (Å²) in [5.41, 5.74) is 0. The molecule has 0 aliphatic carbocycles. The molecule has 46 heavy (non-hydrogen) atoms. The lowest BCUT2D eigenvalue weighted by molar-refractivity contribution is -0.143. The number of aliphatic carboxylic acids is 1. The van der Waals surface area contributed by atoms with Crippen molar-refractivity contribution >= 4 is 47.6 Å². The van der Waals surface area contributed by atoms with Crippen LogP contribution in [0.3, 0.4) is 0 Å². The standard InChI is InChI=1S/C28H46FN7O10/c1-18(2)26(28(45)31-19(3)27(44)32-20(21(38)14-29)13-25(43)46-4)33-22(39)15-30-23(40)16-35-7-5-34(11-12-37)6-8-36(10-9-35)17-24(41)42/h12,18-20,26H,5-11,13-17H2,1-4H3,(H,30,40)(H,31,45)(H,32,44)(H,33,39)(H,41,42). The second-order valence-electron chi connectivity index (χ2n) is 11.2. The van der Waals surface area contributed by atoms with Gasteiger partial charge in [-0.1, -0.05) is 13.8 Å². The van der Waals surface area contributed by atoms with Gasteiger partial charge in [0.15, 0.2) is 5.78 Å². The highest BCUT2D eigenvalue weighted by Crippen LogP contribution is 2.04. The Morgan fingerprint density at radius 1 is 0.826 bits per heavy atom. The van der Waals surface area contributed by atoms with Gasteiger partial charge in [-0.05, 0) is 12.8 Å². The SMILES string of the molecule is COC(=O)CC(NC(=O)C(C)NC(=O)C(NC(=O)CNC(=O)CN1CCN(CC=O)CCN(CC(=O)O)CC1)C(C)C)C(=O)CF. The summed E-state index contributed by atoms with van der Waals surface area (Å²) in [7, 11) is 1.07. The molecule has 1 heterocycles. The first kappa shape index (κ1) is 40.0. The first-order valence-corrected chi connectivity index (χ1v) is 14.8. The molecule has 0 aromatic carbocycles. The predicted octanol–water partition coefficient (Wildman–Crippen LogP) is -3.46. The Labute approximate surface area is 266 Å². The molecule has 0 saturated carbocycles. The molecule has 1 aliphatic heterocycles. The number of nitrogens with zero attached hydrogens (tertiary/aromatic N) is 3. The van der Waals surface area contributed by atoms with Gasteiger partial charge in [0.1, 0.15) is 31.1 Å². The molecule has 3 atom stereocenters. The van der Waals surface area contributed by atoms with Crippen molar-refractivity contribution in [3.8, 4) is 0 Å². The van der Waals surface area contributed by atoms with Crippen LogP contribution >= 0.6 is 0 Å². The second kappa shape index (κ2) is 20.9. The summed E-state index contributed by atoms with van der Waals surface area (Å²) in [5, 5.41) is 18.8. The zero-order chi connectivity index (χ0) is 34.8. The molecule has 18 heteroatoms. The van der Waals surface area contributed by atoms with Gasteiger partial charge in [-0.2, -0.15) is 0 Å². The van der Waals surface area contributed by atoms with Gasteiger partial charge in [0.2, 0.25) is 23.6 Å². The average molecular weight is 660 g/mol. The second-order valence-corrected chi connectivity index (χ2v) is 11.2. The number of rotatable bonds is 18. The van der Waals surface area contributed by atoms with Crippen LogP contribution in [0.15, 0.2) is 0 Å². The maximum atomic E-state index is 12.9. The van der Waals surface area contributed by atoms with E-state index in [2.05, 4.69) is 26.0 Å². The third-order valence-corrected chi connectivity index (χ3v) is 7.16. The summed E-state index contributed by atoms with van der Waals surface area (Å²) in [6, 6.07) is -3.83. The van der Waals surface area contributed by atoms with Crippen molar-refractivity contribution in [2.75, 3.05) is 79.2 Å². The Bertz CT molecular complexity index is 1090. The Morgan fingerprint density at radius 3 is 1.89 bits per heavy atom. The van der Waals surface area contributed by atoms with Crippen molar-refractivity contribution in [2.45, 2.75) is 45.3 Å². The summed E-state index contributed by atoms with van der Waals surface area (Å²) in [4.78, 5) is 102. The molecule has 1 fully saturated rings. The van der Waals surface area contributed by atoms with Crippen LogP contribution in [0.4, 0.5) is 4.39 Å². The molecule has 17 nitrogen and oxygen atoms in total. The minimum Gasteiger partial charge on any atom is -0.480 e. The number of hydrogen-bond donors (Lipinski definition) is 5. The number of amides is 4. The van der Waals surface area contributed by atoms with E-state index in [1.807, 2.05) is 4.90 Å². The van der Waals surface area contributed by atoms with E-state index in [0.29, 0.717) is 39.3 Å². The molecule has 1 aliphatic rings. The van der Waals surface area contributed by atoms with E-state index in [1.165, 1.54) is 6.92 Å². The van der Waals surface area contributed by atoms with E-state index in [1.54, 1.807) is 23.6 Å². The van der Waals surface area contributed by atoms with E-state index < -0.39 is 85.0 Å². The van der Waals surface area contributed by atoms with Gasteiger partial charge >= 0.3 is 11.9 Å². The number of halogens is 1. The zero-order valence-corrected chi connectivity index (χ0v) is 26.7. The molecule has 1 saturated heterocycles. The number of aldehydes is 1. The summed E-state index contributed by atoms with van der Waals surface area (Å²) in [6.07, 6.45) is 0.164. The highest BCUT2D eigenvalue weighted by atomic mass is 19.1. The minimum atomic E-state index is -1.49. The van der Waals surface area contributed by atoms with Crippen molar-refractivity contribution in [1.29, 1.82) is 0 Å². The van der Waals surface area contributed by atoms with E-state index in [4.69, 9.17) is 0 Å². The van der Waals surface area contributed by atoms with Crippen LogP contribution in [0.5, 0.6) is 0 Å². The monoisotopic (exact) mass is 659 g/mol. The molecule has 0 radical (unpaired) electrons. The van der Waals surface area contributed by atoms with E-state index in [9.17, 15) is 47.9 Å². The molecule has 1 rings (SSSR count). The number of methoxy groups -OCH3 is 1. The van der Waals surface area contributed by atoms with Crippen LogP contribution in [-0.2, 0) is 43.1 Å². The number of nitrogens with one attached hydrogen (secondary N) is 4. The first-order valence-electron chi connectivity index (χ1n) is 14.8. The summed E-state index contributed by atoms with van der Waals surface area (Å²) in [5.74, 6) is -6.10. The largest absolute Gasteiger partial charge is 0.480 e. The Kier molecular flexibility index (Phi) is 18.2. The Balaban J connectivity index is 2.71. The molecule has 260 valence electrons. The van der Waals surface area contributed by atoms with Crippen molar-refractivity contribution < 1.29 is 52.6 Å². The van der Waals surface area contributed by atoms with Crippen molar-refractivity contribution in [2.24, 2.45) is 5.92 Å². The number of carbonyl (C=O) groups is 8. The lowest BCUT2D eigenvalue weighted by Crippen LogP contribution is -2.57. The predicted molar refractivity (Wildman–Crippen MR) is 160 cm³/mol. The zero-order valence-electron chi connectivity index (χ0n) is 26.7. The normalized spacial score (nSPS) is 16.8. The fourth-order valence-corrected chi connectivity index (χ4v) is 4.43. The number of ether oxygens (including phenoxy) is 1. The maximum Gasteiger partial charge on any atom is 0.317 e. The molecule has 0 bridgehead atoms. The van der Waals surface area contributed by atoms with Gasteiger partial charge in [0, 0.05) is 39.3 Å². The van der Waals surface area contributed by atoms with E-state index >= 15 is 0 Å². The maximum absolute atomic E-state index is 12.9. The van der Waals surface area contributed by atoms with Crippen LogP contribution in [-0.4, -0.2) is 165 Å². The molecular weight excluding hydrogens is 613 g/mol. The van der Waals surface area contributed by atoms with Crippen LogP contribution < -0.4 is 21.3 Å². The van der Waals surface area contributed by atoms with Gasteiger partial charge < -0.3 is 35.9 Å². The van der Waals surface area contributed by atoms with Gasteiger partial charge in [-0.25, -0.2) is 4.39 Å². The van der Waals surface area contributed by atoms with Crippen molar-refractivity contribution in [1.82, 2.24) is 36.0 Å². The molecular formula is C28H46FN7O10. The van der Waals surface area contributed by atoms with Crippen molar-refractivity contribution in [3.05, 3.63) is 0 Å². The summed E-state index contributed by atoms with van der Waals surface area (Å²) < 4.78 is 17.4. The lowest BCUT2D eigenvalue weighted by Gasteiger charge is -2.25. The fraction of sp³-hybridized carbons (Fsp3) is 0.714. The highest BCUT2D eigenvalue weighted by Gasteiger charge is 2.30. The number of alkyl halides is 1. The lowest BCUT2D eigenvalue weighted by atomic mass is 10.0. The number of carboxylic acids is 1. The molecule has 0 spiro atoms. The van der Waals surface area contributed by atoms with Crippen LogP contribution in [0.2, 0.25) is 0 Å². The highest BCUT2D eigenvalue weighted by molar-refractivity contribution is 5.96. The molecule has 5 N–H and O–H groups in total. The number of ketones is 1. The van der Waals surface area contributed by atoms with Gasteiger partial charge in [-0.15, -0.1) is 0 Å². The van der Waals surface area contributed by atoms with Crippen molar-refractivity contribution in [3.63, 3.8) is 0 Å². The quantitative estimate of drug-likeness (QED) is 0.0714. The molecule has 3 unspecified atom stereocenters. The third-order valence-electron chi connectivity index (χ3n) is 7.16. The van der Waals surface area contributed by atoms with Crippen LogP contribution in [0.1, 0.15) is 27.2 Å². The summed E-state index contributed by atoms with van der Waals surface area (Å²) >= 11 is 0. The van der Waals surface area contributed by atoms with Gasteiger partial charge in [0.25, 0.3) is 0 Å². The number of hydrogen-bond acceptors (Lipinski definition) is 12. The number of Topliss-reactive ketones (excluding diaryl/α,β-unsaturated/α-hetero) is 1.